The predicted molar refractivity (Wildman–Crippen MR) is 85.4 cm³/mol. The summed E-state index contributed by atoms with van der Waals surface area (Å²) < 4.78 is 5.92. The van der Waals surface area contributed by atoms with Crippen LogP contribution in [0.3, 0.4) is 0 Å². The zero-order valence-corrected chi connectivity index (χ0v) is 13.5. The molecule has 124 valence electrons. The van der Waals surface area contributed by atoms with Crippen LogP contribution >= 0.6 is 0 Å². The summed E-state index contributed by atoms with van der Waals surface area (Å²) in [5.74, 6) is 0.879. The Kier molecular flexibility index (Phi) is 3.80. The van der Waals surface area contributed by atoms with Crippen LogP contribution < -0.4 is 4.90 Å². The monoisotopic (exact) mass is 317 g/mol. The van der Waals surface area contributed by atoms with E-state index in [0.717, 1.165) is 44.0 Å². The van der Waals surface area contributed by atoms with E-state index < -0.39 is 0 Å². The SMILES string of the molecule is Cc1ccc(N2CCO[C@H]3CN(C(=O)N4CCCC4)C[C@H]32)nn1. The molecule has 2 atom stereocenters. The number of hydrogen-bond acceptors (Lipinski definition) is 5. The summed E-state index contributed by atoms with van der Waals surface area (Å²) in [6.07, 6.45) is 2.31. The van der Waals surface area contributed by atoms with E-state index in [2.05, 4.69) is 15.1 Å². The molecule has 1 aromatic rings. The minimum Gasteiger partial charge on any atom is -0.372 e. The van der Waals surface area contributed by atoms with Crippen molar-refractivity contribution in [3.63, 3.8) is 0 Å². The number of carbonyl (C=O) groups excluding carboxylic acids is 1. The third-order valence-corrected chi connectivity index (χ3v) is 5.03. The average molecular weight is 317 g/mol. The van der Waals surface area contributed by atoms with Crippen molar-refractivity contribution in [1.82, 2.24) is 20.0 Å². The highest BCUT2D eigenvalue weighted by Gasteiger charge is 2.43. The van der Waals surface area contributed by atoms with Gasteiger partial charge in [-0.1, -0.05) is 0 Å². The Morgan fingerprint density at radius 3 is 2.70 bits per heavy atom. The highest BCUT2D eigenvalue weighted by Crippen LogP contribution is 2.27. The summed E-state index contributed by atoms with van der Waals surface area (Å²) in [5.41, 5.74) is 0.913. The number of hydrogen-bond donors (Lipinski definition) is 0. The number of urea groups is 1. The molecule has 0 unspecified atom stereocenters. The van der Waals surface area contributed by atoms with E-state index in [1.54, 1.807) is 0 Å². The average Bonchev–Trinajstić information content (AvgIpc) is 3.24. The third-order valence-electron chi connectivity index (χ3n) is 5.03. The third kappa shape index (κ3) is 2.73. The number of ether oxygens (including phenoxy) is 1. The molecule has 0 N–H and O–H groups in total. The summed E-state index contributed by atoms with van der Waals surface area (Å²) in [7, 11) is 0. The number of morpholine rings is 1. The van der Waals surface area contributed by atoms with E-state index in [0.29, 0.717) is 19.7 Å². The molecule has 4 rings (SSSR count). The zero-order chi connectivity index (χ0) is 15.8. The van der Waals surface area contributed by atoms with Gasteiger partial charge in [-0.2, -0.15) is 5.10 Å². The van der Waals surface area contributed by atoms with Crippen LogP contribution in [0, 0.1) is 6.92 Å². The van der Waals surface area contributed by atoms with Gasteiger partial charge in [0.1, 0.15) is 0 Å². The normalized spacial score (nSPS) is 27.4. The predicted octanol–water partition coefficient (Wildman–Crippen LogP) is 0.890. The molecule has 0 saturated carbocycles. The number of nitrogens with zero attached hydrogens (tertiary/aromatic N) is 5. The second kappa shape index (κ2) is 5.96. The molecule has 2 amide bonds. The van der Waals surface area contributed by atoms with Crippen LogP contribution in [0.4, 0.5) is 10.6 Å². The standard InChI is InChI=1S/C16H23N5O2/c1-12-4-5-15(18-17-12)21-8-9-23-14-11-20(10-13(14)21)16(22)19-6-2-3-7-19/h4-5,13-14H,2-3,6-11H2,1H3/t13-,14+/m1/s1. The molecule has 4 heterocycles. The molecule has 0 radical (unpaired) electrons. The maximum atomic E-state index is 12.6. The van der Waals surface area contributed by atoms with E-state index in [-0.39, 0.29) is 18.2 Å². The van der Waals surface area contributed by atoms with Crippen molar-refractivity contribution in [2.75, 3.05) is 44.2 Å². The molecular formula is C16H23N5O2. The van der Waals surface area contributed by atoms with Crippen molar-refractivity contribution >= 4 is 11.8 Å². The minimum atomic E-state index is 0.0680. The largest absolute Gasteiger partial charge is 0.372 e. The number of aromatic nitrogens is 2. The lowest BCUT2D eigenvalue weighted by molar-refractivity contribution is 0.0312. The van der Waals surface area contributed by atoms with Gasteiger partial charge in [-0.25, -0.2) is 4.79 Å². The summed E-state index contributed by atoms with van der Waals surface area (Å²) in [6.45, 7) is 6.56. The van der Waals surface area contributed by atoms with Crippen LogP contribution in [-0.2, 0) is 4.74 Å². The van der Waals surface area contributed by atoms with E-state index in [9.17, 15) is 4.79 Å². The van der Waals surface area contributed by atoms with Crippen LogP contribution in [-0.4, -0.2) is 77.5 Å². The van der Waals surface area contributed by atoms with Crippen LogP contribution in [0.1, 0.15) is 18.5 Å². The van der Waals surface area contributed by atoms with Gasteiger partial charge >= 0.3 is 6.03 Å². The molecule has 0 spiro atoms. The Morgan fingerprint density at radius 2 is 1.96 bits per heavy atom. The maximum Gasteiger partial charge on any atom is 0.320 e. The fourth-order valence-corrected chi connectivity index (χ4v) is 3.78. The van der Waals surface area contributed by atoms with E-state index in [4.69, 9.17) is 4.74 Å². The van der Waals surface area contributed by atoms with Crippen LogP contribution in [0.25, 0.3) is 0 Å². The second-order valence-electron chi connectivity index (χ2n) is 6.58. The molecule has 0 aliphatic carbocycles. The smallest absolute Gasteiger partial charge is 0.320 e. The molecule has 7 nitrogen and oxygen atoms in total. The van der Waals surface area contributed by atoms with Gasteiger partial charge in [-0.3, -0.25) is 0 Å². The number of likely N-dealkylation sites (tertiary alicyclic amines) is 2. The van der Waals surface area contributed by atoms with Gasteiger partial charge in [0.15, 0.2) is 5.82 Å². The summed E-state index contributed by atoms with van der Waals surface area (Å²) in [6, 6.07) is 4.33. The number of fused-ring (bicyclic) bond motifs is 1. The van der Waals surface area contributed by atoms with Crippen LogP contribution in [0.15, 0.2) is 12.1 Å². The van der Waals surface area contributed by atoms with Gasteiger partial charge in [-0.15, -0.1) is 5.10 Å². The van der Waals surface area contributed by atoms with E-state index in [1.807, 2.05) is 28.9 Å². The first-order valence-corrected chi connectivity index (χ1v) is 8.45. The first-order chi connectivity index (χ1) is 11.2. The zero-order valence-electron chi connectivity index (χ0n) is 13.5. The molecule has 0 aromatic carbocycles. The van der Waals surface area contributed by atoms with E-state index in [1.165, 1.54) is 0 Å². The van der Waals surface area contributed by atoms with Gasteiger partial charge < -0.3 is 19.4 Å². The fraction of sp³-hybridized carbons (Fsp3) is 0.688. The summed E-state index contributed by atoms with van der Waals surface area (Å²) >= 11 is 0. The van der Waals surface area contributed by atoms with Crippen molar-refractivity contribution in [3.8, 4) is 0 Å². The van der Waals surface area contributed by atoms with E-state index >= 15 is 0 Å². The molecule has 3 fully saturated rings. The topological polar surface area (TPSA) is 61.8 Å². The fourth-order valence-electron chi connectivity index (χ4n) is 3.78. The highest BCUT2D eigenvalue weighted by molar-refractivity contribution is 5.75. The van der Waals surface area contributed by atoms with Gasteiger partial charge in [0, 0.05) is 26.2 Å². The van der Waals surface area contributed by atoms with Gasteiger partial charge in [-0.05, 0) is 31.9 Å². The number of anilines is 1. The minimum absolute atomic E-state index is 0.0680. The second-order valence-corrected chi connectivity index (χ2v) is 6.58. The molecular weight excluding hydrogens is 294 g/mol. The lowest BCUT2D eigenvalue weighted by Gasteiger charge is -2.37. The summed E-state index contributed by atoms with van der Waals surface area (Å²) in [4.78, 5) is 18.8. The Bertz CT molecular complexity index is 572. The summed E-state index contributed by atoms with van der Waals surface area (Å²) in [5, 5.41) is 8.48. The van der Waals surface area contributed by atoms with Gasteiger partial charge in [0.05, 0.1) is 31.0 Å². The van der Waals surface area contributed by atoms with Crippen molar-refractivity contribution in [3.05, 3.63) is 17.8 Å². The van der Waals surface area contributed by atoms with Crippen molar-refractivity contribution < 1.29 is 9.53 Å². The molecule has 23 heavy (non-hydrogen) atoms. The first-order valence-electron chi connectivity index (χ1n) is 8.45. The Hall–Kier alpha value is -1.89. The molecule has 1 aromatic heterocycles. The van der Waals surface area contributed by atoms with Crippen molar-refractivity contribution in [1.29, 1.82) is 0 Å². The van der Waals surface area contributed by atoms with Gasteiger partial charge in [0.25, 0.3) is 0 Å². The molecule has 0 bridgehead atoms. The highest BCUT2D eigenvalue weighted by atomic mass is 16.5. The quantitative estimate of drug-likeness (QED) is 0.770. The molecule has 3 saturated heterocycles. The van der Waals surface area contributed by atoms with Crippen LogP contribution in [0.2, 0.25) is 0 Å². The number of carbonyl (C=O) groups is 1. The van der Waals surface area contributed by atoms with Crippen molar-refractivity contribution in [2.24, 2.45) is 0 Å². The first kappa shape index (κ1) is 14.7. The number of amides is 2. The lowest BCUT2D eigenvalue weighted by Crippen LogP contribution is -2.51. The van der Waals surface area contributed by atoms with Crippen molar-refractivity contribution in [2.45, 2.75) is 31.9 Å². The molecule has 3 aliphatic rings. The lowest BCUT2D eigenvalue weighted by atomic mass is 10.1. The number of rotatable bonds is 1. The molecule has 3 aliphatic heterocycles. The number of aryl methyl sites for hydroxylation is 1. The van der Waals surface area contributed by atoms with Gasteiger partial charge in [0.2, 0.25) is 0 Å². The maximum absolute atomic E-state index is 12.6. The Morgan fingerprint density at radius 1 is 1.13 bits per heavy atom. The Labute approximate surface area is 136 Å². The van der Waals surface area contributed by atoms with Crippen LogP contribution in [0.5, 0.6) is 0 Å². The molecule has 7 heteroatoms. The Balaban J connectivity index is 1.49.